The van der Waals surface area contributed by atoms with Gasteiger partial charge in [0, 0.05) is 17.9 Å². The Morgan fingerprint density at radius 1 is 1.17 bits per heavy atom. The van der Waals surface area contributed by atoms with E-state index in [9.17, 15) is 4.79 Å². The van der Waals surface area contributed by atoms with Crippen LogP contribution in [0, 0.1) is 0 Å². The Balaban J connectivity index is 1.59. The van der Waals surface area contributed by atoms with Crippen molar-refractivity contribution in [2.75, 3.05) is 13.1 Å². The van der Waals surface area contributed by atoms with Gasteiger partial charge in [-0.2, -0.15) is 0 Å². The summed E-state index contributed by atoms with van der Waals surface area (Å²) in [5.41, 5.74) is 3.02. The molecule has 0 atom stereocenters. The summed E-state index contributed by atoms with van der Waals surface area (Å²) in [6.07, 6.45) is 5.29. The lowest BCUT2D eigenvalue weighted by atomic mass is 10.1. The fourth-order valence-electron chi connectivity index (χ4n) is 3.04. The molecule has 122 valence electrons. The lowest BCUT2D eigenvalue weighted by Crippen LogP contribution is -2.42. The molecular weight excluding hydrogens is 302 g/mol. The van der Waals surface area contributed by atoms with Gasteiger partial charge in [-0.1, -0.05) is 18.2 Å². The van der Waals surface area contributed by atoms with Crippen LogP contribution in [-0.2, 0) is 0 Å². The Kier molecular flexibility index (Phi) is 3.96. The fraction of sp³-hybridized carbons (Fsp3) is 0.278. The van der Waals surface area contributed by atoms with Crippen LogP contribution in [0.3, 0.4) is 0 Å². The van der Waals surface area contributed by atoms with Gasteiger partial charge in [0.1, 0.15) is 11.8 Å². The number of aromatic nitrogens is 3. The Hall–Kier alpha value is -2.73. The summed E-state index contributed by atoms with van der Waals surface area (Å²) >= 11 is 0. The number of fused-ring (bicyclic) bond motifs is 1. The molecule has 1 saturated heterocycles. The van der Waals surface area contributed by atoms with Crippen LogP contribution in [0.25, 0.3) is 16.9 Å². The summed E-state index contributed by atoms with van der Waals surface area (Å²) in [6.45, 7) is 1.90. The number of hydrogen-bond acceptors (Lipinski definition) is 4. The molecule has 0 unspecified atom stereocenters. The molecule has 1 amide bonds. The minimum absolute atomic E-state index is 0.0782. The third-order valence-electron chi connectivity index (χ3n) is 4.36. The van der Waals surface area contributed by atoms with Gasteiger partial charge in [0.2, 0.25) is 0 Å². The predicted molar refractivity (Wildman–Crippen MR) is 92.2 cm³/mol. The summed E-state index contributed by atoms with van der Waals surface area (Å²) in [6, 6.07) is 12.0. The van der Waals surface area contributed by atoms with Crippen LogP contribution in [-0.4, -0.2) is 39.6 Å². The molecule has 2 aromatic heterocycles. The molecule has 2 N–H and O–H groups in total. The summed E-state index contributed by atoms with van der Waals surface area (Å²) in [7, 11) is 0. The number of imidazole rings is 1. The lowest BCUT2D eigenvalue weighted by molar-refractivity contribution is 0.0929. The Bertz CT molecular complexity index is 852. The standard InChI is InChI=1S/C18H19N5O/c24-18(22-14-6-8-19-9-7-14)13-10-16-17(20-11-13)23(12-21-16)15-4-2-1-3-5-15/h1-5,10-12,14,19H,6-9H2,(H,22,24). The van der Waals surface area contributed by atoms with E-state index < -0.39 is 0 Å². The monoisotopic (exact) mass is 321 g/mol. The molecule has 0 bridgehead atoms. The third-order valence-corrected chi connectivity index (χ3v) is 4.36. The third kappa shape index (κ3) is 2.88. The molecule has 0 aliphatic carbocycles. The predicted octanol–water partition coefficient (Wildman–Crippen LogP) is 1.90. The van der Waals surface area contributed by atoms with E-state index in [1.54, 1.807) is 18.6 Å². The minimum atomic E-state index is -0.0782. The van der Waals surface area contributed by atoms with Crippen LogP contribution in [0.1, 0.15) is 23.2 Å². The zero-order valence-electron chi connectivity index (χ0n) is 13.3. The molecule has 1 aliphatic heterocycles. The first-order valence-corrected chi connectivity index (χ1v) is 8.21. The molecule has 4 rings (SSSR count). The molecule has 0 radical (unpaired) electrons. The van der Waals surface area contributed by atoms with E-state index >= 15 is 0 Å². The number of amides is 1. The molecule has 0 saturated carbocycles. The number of hydrogen-bond donors (Lipinski definition) is 2. The molecule has 1 aliphatic rings. The SMILES string of the molecule is O=C(NC1CCNCC1)c1cnc2c(c1)ncn2-c1ccccc1. The average Bonchev–Trinajstić information content (AvgIpc) is 3.06. The van der Waals surface area contributed by atoms with Gasteiger partial charge in [-0.05, 0) is 44.1 Å². The smallest absolute Gasteiger partial charge is 0.253 e. The number of rotatable bonds is 3. The van der Waals surface area contributed by atoms with Crippen molar-refractivity contribution in [3.05, 3.63) is 54.5 Å². The van der Waals surface area contributed by atoms with Gasteiger partial charge in [-0.15, -0.1) is 0 Å². The Morgan fingerprint density at radius 2 is 1.96 bits per heavy atom. The molecule has 0 spiro atoms. The number of para-hydroxylation sites is 1. The second kappa shape index (κ2) is 6.41. The number of nitrogens with one attached hydrogen (secondary N) is 2. The van der Waals surface area contributed by atoms with E-state index in [2.05, 4.69) is 20.6 Å². The first-order chi connectivity index (χ1) is 11.8. The van der Waals surface area contributed by atoms with Crippen molar-refractivity contribution in [3.8, 4) is 5.69 Å². The highest BCUT2D eigenvalue weighted by molar-refractivity contribution is 5.96. The van der Waals surface area contributed by atoms with Gasteiger partial charge < -0.3 is 10.6 Å². The fourth-order valence-corrected chi connectivity index (χ4v) is 3.04. The van der Waals surface area contributed by atoms with Crippen molar-refractivity contribution in [1.29, 1.82) is 0 Å². The summed E-state index contributed by atoms with van der Waals surface area (Å²) in [5.74, 6) is -0.0782. The van der Waals surface area contributed by atoms with Crippen molar-refractivity contribution in [1.82, 2.24) is 25.2 Å². The van der Waals surface area contributed by atoms with E-state index in [-0.39, 0.29) is 11.9 Å². The quantitative estimate of drug-likeness (QED) is 0.773. The highest BCUT2D eigenvalue weighted by Gasteiger charge is 2.17. The van der Waals surface area contributed by atoms with Crippen LogP contribution in [0.15, 0.2) is 48.9 Å². The van der Waals surface area contributed by atoms with Crippen LogP contribution >= 0.6 is 0 Å². The molecule has 6 nitrogen and oxygen atoms in total. The van der Waals surface area contributed by atoms with Gasteiger partial charge >= 0.3 is 0 Å². The largest absolute Gasteiger partial charge is 0.349 e. The van der Waals surface area contributed by atoms with Crippen molar-refractivity contribution >= 4 is 17.1 Å². The maximum absolute atomic E-state index is 12.4. The molecule has 24 heavy (non-hydrogen) atoms. The number of pyridine rings is 1. The topological polar surface area (TPSA) is 71.8 Å². The van der Waals surface area contributed by atoms with E-state index in [1.807, 2.05) is 34.9 Å². The number of benzene rings is 1. The summed E-state index contributed by atoms with van der Waals surface area (Å²) in [4.78, 5) is 21.3. The molecule has 1 fully saturated rings. The molecule has 3 heterocycles. The van der Waals surface area contributed by atoms with Crippen molar-refractivity contribution in [2.24, 2.45) is 0 Å². The number of nitrogens with zero attached hydrogens (tertiary/aromatic N) is 3. The van der Waals surface area contributed by atoms with E-state index in [0.29, 0.717) is 5.56 Å². The zero-order valence-corrected chi connectivity index (χ0v) is 13.3. The van der Waals surface area contributed by atoms with E-state index in [0.717, 1.165) is 42.8 Å². The number of carbonyl (C=O) groups is 1. The highest BCUT2D eigenvalue weighted by Crippen LogP contribution is 2.17. The lowest BCUT2D eigenvalue weighted by Gasteiger charge is -2.23. The Morgan fingerprint density at radius 3 is 2.75 bits per heavy atom. The van der Waals surface area contributed by atoms with Crippen LogP contribution < -0.4 is 10.6 Å². The van der Waals surface area contributed by atoms with Gasteiger partial charge in [-0.3, -0.25) is 9.36 Å². The van der Waals surface area contributed by atoms with Gasteiger partial charge in [0.25, 0.3) is 5.91 Å². The maximum Gasteiger partial charge on any atom is 0.253 e. The second-order valence-electron chi connectivity index (χ2n) is 6.01. The zero-order chi connectivity index (χ0) is 16.4. The second-order valence-corrected chi connectivity index (χ2v) is 6.01. The van der Waals surface area contributed by atoms with Gasteiger partial charge in [-0.25, -0.2) is 9.97 Å². The van der Waals surface area contributed by atoms with E-state index in [4.69, 9.17) is 0 Å². The van der Waals surface area contributed by atoms with Crippen molar-refractivity contribution in [2.45, 2.75) is 18.9 Å². The first kappa shape index (κ1) is 14.8. The van der Waals surface area contributed by atoms with Gasteiger partial charge in [0.15, 0.2) is 5.65 Å². The van der Waals surface area contributed by atoms with E-state index in [1.165, 1.54) is 0 Å². The molecular formula is C18H19N5O. The molecule has 1 aromatic carbocycles. The average molecular weight is 321 g/mol. The van der Waals surface area contributed by atoms with Crippen LogP contribution in [0.5, 0.6) is 0 Å². The summed E-state index contributed by atoms with van der Waals surface area (Å²) < 4.78 is 1.92. The van der Waals surface area contributed by atoms with Crippen LogP contribution in [0.2, 0.25) is 0 Å². The minimum Gasteiger partial charge on any atom is -0.349 e. The highest BCUT2D eigenvalue weighted by atomic mass is 16.1. The molecule has 3 aromatic rings. The van der Waals surface area contributed by atoms with Crippen LogP contribution in [0.4, 0.5) is 0 Å². The number of carbonyl (C=O) groups excluding carboxylic acids is 1. The normalized spacial score (nSPS) is 15.5. The van der Waals surface area contributed by atoms with Crippen molar-refractivity contribution in [3.63, 3.8) is 0 Å². The van der Waals surface area contributed by atoms with Crippen molar-refractivity contribution < 1.29 is 4.79 Å². The van der Waals surface area contributed by atoms with Gasteiger partial charge in [0.05, 0.1) is 5.56 Å². The first-order valence-electron chi connectivity index (χ1n) is 8.21. The molecule has 6 heteroatoms. The summed E-state index contributed by atoms with van der Waals surface area (Å²) in [5, 5.41) is 6.38. The Labute approximate surface area is 139 Å². The maximum atomic E-state index is 12.4. The number of piperidine rings is 1.